The SMILES string of the molecule is C=CCN(Cc1ccccc1)C(=O)[C@@H]1[C@H]2C(=O)N([C@@H](CC)CO)C(C(=O)N(CC=C)C(C)C)C23CC[C@@]1(CC)O3. The van der Waals surface area contributed by atoms with Crippen molar-refractivity contribution in [2.45, 2.75) is 89.3 Å². The molecule has 4 rings (SSSR count). The number of carbonyl (C=O) groups is 3. The zero-order chi connectivity index (χ0) is 29.2. The molecule has 2 unspecified atom stereocenters. The fourth-order valence-electron chi connectivity index (χ4n) is 7.36. The second-order valence-electron chi connectivity index (χ2n) is 11.7. The minimum atomic E-state index is -1.13. The van der Waals surface area contributed by atoms with Gasteiger partial charge in [0.2, 0.25) is 17.7 Å². The van der Waals surface area contributed by atoms with Crippen molar-refractivity contribution in [2.75, 3.05) is 19.7 Å². The van der Waals surface area contributed by atoms with Crippen LogP contribution in [0, 0.1) is 11.8 Å². The fraction of sp³-hybridized carbons (Fsp3) is 0.594. The monoisotopic (exact) mass is 551 g/mol. The molecule has 218 valence electrons. The number of hydrogen-bond donors (Lipinski definition) is 1. The molecule has 3 heterocycles. The van der Waals surface area contributed by atoms with E-state index >= 15 is 0 Å². The molecule has 3 amide bonds. The molecular weight excluding hydrogens is 506 g/mol. The second-order valence-corrected chi connectivity index (χ2v) is 11.7. The topological polar surface area (TPSA) is 90.4 Å². The van der Waals surface area contributed by atoms with Crippen LogP contribution in [-0.2, 0) is 25.7 Å². The lowest BCUT2D eigenvalue weighted by Crippen LogP contribution is -2.59. The van der Waals surface area contributed by atoms with E-state index in [2.05, 4.69) is 13.2 Å². The molecule has 0 radical (unpaired) electrons. The summed E-state index contributed by atoms with van der Waals surface area (Å²) in [6, 6.07) is 8.16. The number of amides is 3. The predicted molar refractivity (Wildman–Crippen MR) is 154 cm³/mol. The first-order valence-electron chi connectivity index (χ1n) is 14.6. The van der Waals surface area contributed by atoms with Crippen LogP contribution in [0.2, 0.25) is 0 Å². The molecule has 2 bridgehead atoms. The van der Waals surface area contributed by atoms with Gasteiger partial charge in [0, 0.05) is 25.7 Å². The van der Waals surface area contributed by atoms with Crippen LogP contribution >= 0.6 is 0 Å². The van der Waals surface area contributed by atoms with Crippen LogP contribution in [0.3, 0.4) is 0 Å². The maximum absolute atomic E-state index is 14.5. The van der Waals surface area contributed by atoms with E-state index in [1.807, 2.05) is 58.0 Å². The molecule has 1 aromatic carbocycles. The number of likely N-dealkylation sites (tertiary alicyclic amines) is 1. The third-order valence-electron chi connectivity index (χ3n) is 9.30. The highest BCUT2D eigenvalue weighted by molar-refractivity contribution is 5.99. The first-order valence-corrected chi connectivity index (χ1v) is 14.6. The summed E-state index contributed by atoms with van der Waals surface area (Å²) in [5.41, 5.74) is -0.980. The van der Waals surface area contributed by atoms with Gasteiger partial charge in [-0.1, -0.05) is 56.3 Å². The van der Waals surface area contributed by atoms with E-state index in [-0.39, 0.29) is 30.4 Å². The number of hydrogen-bond acceptors (Lipinski definition) is 5. The summed E-state index contributed by atoms with van der Waals surface area (Å²) in [4.78, 5) is 48.3. The van der Waals surface area contributed by atoms with E-state index < -0.39 is 35.1 Å². The van der Waals surface area contributed by atoms with Crippen molar-refractivity contribution in [3.8, 4) is 0 Å². The van der Waals surface area contributed by atoms with Gasteiger partial charge < -0.3 is 24.5 Å². The summed E-state index contributed by atoms with van der Waals surface area (Å²) in [5, 5.41) is 10.3. The van der Waals surface area contributed by atoms with E-state index in [0.717, 1.165) is 5.56 Å². The molecule has 3 saturated heterocycles. The molecule has 0 saturated carbocycles. The molecule has 0 aliphatic carbocycles. The van der Waals surface area contributed by atoms with Gasteiger partial charge in [-0.2, -0.15) is 0 Å². The van der Waals surface area contributed by atoms with Crippen molar-refractivity contribution in [2.24, 2.45) is 11.8 Å². The van der Waals surface area contributed by atoms with E-state index in [0.29, 0.717) is 45.3 Å². The Morgan fingerprint density at radius 1 is 1.12 bits per heavy atom. The van der Waals surface area contributed by atoms with E-state index in [4.69, 9.17) is 4.74 Å². The Hall–Kier alpha value is -2.97. The molecule has 1 aromatic rings. The standard InChI is InChI=1S/C32H45N3O5/c1-7-18-33(20-23-14-12-11-13-15-23)28(37)25-26-29(38)35(24(9-3)21-36)27(30(39)34(19-8-2)22(5)6)32(26)17-16-31(25,10-4)40-32/h7-8,11-15,22,24-27,36H,1-2,9-10,16-21H2,3-6H3/t24-,25-,26-,27?,31+,32?/m0/s1. The smallest absolute Gasteiger partial charge is 0.248 e. The molecule has 1 N–H and O–H groups in total. The largest absolute Gasteiger partial charge is 0.394 e. The summed E-state index contributed by atoms with van der Waals surface area (Å²) in [6.45, 7) is 16.2. The van der Waals surface area contributed by atoms with Crippen LogP contribution in [0.15, 0.2) is 55.6 Å². The number of aliphatic hydroxyl groups is 1. The van der Waals surface area contributed by atoms with Crippen molar-refractivity contribution in [3.05, 3.63) is 61.2 Å². The van der Waals surface area contributed by atoms with Gasteiger partial charge in [-0.15, -0.1) is 13.2 Å². The number of benzene rings is 1. The summed E-state index contributed by atoms with van der Waals surface area (Å²) >= 11 is 0. The van der Waals surface area contributed by atoms with Crippen LogP contribution in [0.5, 0.6) is 0 Å². The van der Waals surface area contributed by atoms with Crippen LogP contribution in [0.25, 0.3) is 0 Å². The zero-order valence-electron chi connectivity index (χ0n) is 24.4. The zero-order valence-corrected chi connectivity index (χ0v) is 24.4. The average molecular weight is 552 g/mol. The molecular formula is C32H45N3O5. The number of nitrogens with zero attached hydrogens (tertiary/aromatic N) is 3. The third-order valence-corrected chi connectivity index (χ3v) is 9.30. The first-order chi connectivity index (χ1) is 19.2. The molecule has 3 fully saturated rings. The van der Waals surface area contributed by atoms with Gasteiger partial charge in [-0.3, -0.25) is 14.4 Å². The van der Waals surface area contributed by atoms with Gasteiger partial charge in [0.25, 0.3) is 0 Å². The maximum Gasteiger partial charge on any atom is 0.248 e. The first kappa shape index (κ1) is 30.0. The highest BCUT2D eigenvalue weighted by Gasteiger charge is 2.79. The maximum atomic E-state index is 14.5. The number of ether oxygens (including phenoxy) is 1. The average Bonchev–Trinajstić information content (AvgIpc) is 3.56. The fourth-order valence-corrected chi connectivity index (χ4v) is 7.36. The summed E-state index contributed by atoms with van der Waals surface area (Å²) in [5.74, 6) is -2.17. The van der Waals surface area contributed by atoms with Gasteiger partial charge in [-0.25, -0.2) is 0 Å². The summed E-state index contributed by atoms with van der Waals surface area (Å²) in [7, 11) is 0. The Bertz CT molecular complexity index is 1120. The minimum absolute atomic E-state index is 0.128. The Kier molecular flexibility index (Phi) is 8.90. The lowest BCUT2D eigenvalue weighted by Gasteiger charge is -2.40. The summed E-state index contributed by atoms with van der Waals surface area (Å²) < 4.78 is 6.92. The highest BCUT2D eigenvalue weighted by Crippen LogP contribution is 2.65. The van der Waals surface area contributed by atoms with Gasteiger partial charge in [0.15, 0.2) is 0 Å². The summed E-state index contributed by atoms with van der Waals surface area (Å²) in [6.07, 6.45) is 5.52. The van der Waals surface area contributed by atoms with Crippen molar-refractivity contribution >= 4 is 17.7 Å². The number of rotatable bonds is 13. The Labute approximate surface area is 238 Å². The Morgan fingerprint density at radius 3 is 2.35 bits per heavy atom. The van der Waals surface area contributed by atoms with Crippen LogP contribution in [0.1, 0.15) is 58.9 Å². The van der Waals surface area contributed by atoms with E-state index in [1.165, 1.54) is 0 Å². The van der Waals surface area contributed by atoms with Gasteiger partial charge in [0.05, 0.1) is 30.1 Å². The van der Waals surface area contributed by atoms with Crippen molar-refractivity contribution in [1.29, 1.82) is 0 Å². The highest BCUT2D eigenvalue weighted by atomic mass is 16.5. The molecule has 6 atom stereocenters. The Morgan fingerprint density at radius 2 is 1.80 bits per heavy atom. The molecule has 3 aliphatic heterocycles. The van der Waals surface area contributed by atoms with Crippen LogP contribution in [-0.4, -0.2) is 86.6 Å². The molecule has 3 aliphatic rings. The molecule has 0 aromatic heterocycles. The lowest BCUT2D eigenvalue weighted by molar-refractivity contribution is -0.158. The molecule has 1 spiro atoms. The molecule has 40 heavy (non-hydrogen) atoms. The quantitative estimate of drug-likeness (QED) is 0.379. The van der Waals surface area contributed by atoms with Gasteiger partial charge in [-0.05, 0) is 45.1 Å². The van der Waals surface area contributed by atoms with E-state index in [1.54, 1.807) is 26.9 Å². The predicted octanol–water partition coefficient (Wildman–Crippen LogP) is 3.55. The number of fused-ring (bicyclic) bond motifs is 1. The van der Waals surface area contributed by atoms with E-state index in [9.17, 15) is 19.5 Å². The van der Waals surface area contributed by atoms with Gasteiger partial charge in [0.1, 0.15) is 11.6 Å². The van der Waals surface area contributed by atoms with Crippen molar-refractivity contribution in [3.63, 3.8) is 0 Å². The number of carbonyl (C=O) groups excluding carboxylic acids is 3. The van der Waals surface area contributed by atoms with Gasteiger partial charge >= 0.3 is 0 Å². The van der Waals surface area contributed by atoms with Crippen LogP contribution in [0.4, 0.5) is 0 Å². The number of aliphatic hydroxyl groups excluding tert-OH is 1. The molecule has 8 nitrogen and oxygen atoms in total. The lowest BCUT2D eigenvalue weighted by atomic mass is 9.64. The van der Waals surface area contributed by atoms with Crippen LogP contribution < -0.4 is 0 Å². The minimum Gasteiger partial charge on any atom is -0.394 e. The van der Waals surface area contributed by atoms with Crippen molar-refractivity contribution in [1.82, 2.24) is 14.7 Å². The Balaban J connectivity index is 1.82. The normalized spacial score (nSPS) is 29.4. The van der Waals surface area contributed by atoms with Crippen molar-refractivity contribution < 1.29 is 24.2 Å². The second kappa shape index (κ2) is 11.9. The third kappa shape index (κ3) is 4.69. The molecule has 8 heteroatoms.